The van der Waals surface area contributed by atoms with Crippen LogP contribution in [0.15, 0.2) is 0 Å². The second-order valence-electron chi connectivity index (χ2n) is 14.1. The van der Waals surface area contributed by atoms with Gasteiger partial charge in [-0.25, -0.2) is 0 Å². The molecule has 3 aliphatic heterocycles. The Balaban J connectivity index is 1.49. The maximum absolute atomic E-state index is 12.5. The highest BCUT2D eigenvalue weighted by atomic mass is 16.7. The molecule has 0 aromatic rings. The van der Waals surface area contributed by atoms with Gasteiger partial charge >= 0.3 is 0 Å². The van der Waals surface area contributed by atoms with E-state index >= 15 is 0 Å². The maximum atomic E-state index is 12.5. The van der Waals surface area contributed by atoms with E-state index in [4.69, 9.17) is 28.4 Å². The standard InChI is InChI=1S/C35H63NO18/c1-2-36-23(40)14-10-8-6-4-3-5-7-9-12-19(39)13-11-15-49-34-31(48)32(54-35-30(47)28(45)25(42)21(17-38)52-35)26(43)22(53-34)18-50-33-29(46)27(44)24(41)20(16-37)51-33/h20-22,24-35,37-38,41-48H,2-18H2,1H3,(H,36,40)/t20-,21-,22-,24-,25-,26-,27+,28+,29+,30+,31+,32+,33+,34+,35-/m1/s1. The Bertz CT molecular complexity index is 1070. The van der Waals surface area contributed by atoms with E-state index in [9.17, 15) is 60.7 Å². The summed E-state index contributed by atoms with van der Waals surface area (Å²) in [4.78, 5) is 24.0. The Morgan fingerprint density at radius 3 is 1.59 bits per heavy atom. The second kappa shape index (κ2) is 24.3. The highest BCUT2D eigenvalue weighted by Crippen LogP contribution is 2.31. The first-order valence-electron chi connectivity index (χ1n) is 19.1. The molecule has 3 heterocycles. The van der Waals surface area contributed by atoms with Gasteiger partial charge in [0.05, 0.1) is 26.4 Å². The first-order valence-corrected chi connectivity index (χ1v) is 19.1. The fourth-order valence-electron chi connectivity index (χ4n) is 6.62. The predicted molar refractivity (Wildman–Crippen MR) is 184 cm³/mol. The number of carbonyl (C=O) groups is 2. The molecule has 0 bridgehead atoms. The lowest BCUT2D eigenvalue weighted by Crippen LogP contribution is -2.65. The molecule has 316 valence electrons. The molecule has 3 fully saturated rings. The van der Waals surface area contributed by atoms with Gasteiger partial charge in [0.15, 0.2) is 18.9 Å². The Hall–Kier alpha value is -1.50. The maximum Gasteiger partial charge on any atom is 0.219 e. The molecule has 54 heavy (non-hydrogen) atoms. The molecule has 3 rings (SSSR count). The molecule has 11 N–H and O–H groups in total. The topological polar surface area (TPSA) is 304 Å². The molecule has 0 aliphatic carbocycles. The van der Waals surface area contributed by atoms with Gasteiger partial charge in [-0.3, -0.25) is 9.59 Å². The molecule has 0 aromatic heterocycles. The van der Waals surface area contributed by atoms with Gasteiger partial charge in [0.1, 0.15) is 79.0 Å². The lowest BCUT2D eigenvalue weighted by Gasteiger charge is -2.46. The van der Waals surface area contributed by atoms with Crippen LogP contribution in [0.25, 0.3) is 0 Å². The summed E-state index contributed by atoms with van der Waals surface area (Å²) in [6.07, 6.45) is -15.3. The van der Waals surface area contributed by atoms with Crippen molar-refractivity contribution in [3.05, 3.63) is 0 Å². The lowest BCUT2D eigenvalue weighted by molar-refractivity contribution is -0.366. The molecule has 3 aliphatic rings. The molecular weight excluding hydrogens is 722 g/mol. The molecule has 15 atom stereocenters. The molecule has 3 saturated heterocycles. The van der Waals surface area contributed by atoms with Gasteiger partial charge in [0.2, 0.25) is 5.91 Å². The van der Waals surface area contributed by atoms with E-state index in [0.29, 0.717) is 19.4 Å². The molecular formula is C35H63NO18. The highest BCUT2D eigenvalue weighted by Gasteiger charge is 2.52. The quantitative estimate of drug-likeness (QED) is 0.0430. The summed E-state index contributed by atoms with van der Waals surface area (Å²) >= 11 is 0. The number of amides is 1. The zero-order valence-electron chi connectivity index (χ0n) is 30.9. The fraction of sp³-hybridized carbons (Fsp3) is 0.943. The van der Waals surface area contributed by atoms with Gasteiger partial charge in [-0.2, -0.15) is 0 Å². The predicted octanol–water partition coefficient (Wildman–Crippen LogP) is -3.16. The minimum absolute atomic E-state index is 0.0409. The van der Waals surface area contributed by atoms with Gasteiger partial charge in [-0.05, 0) is 26.2 Å². The van der Waals surface area contributed by atoms with E-state index in [1.807, 2.05) is 6.92 Å². The van der Waals surface area contributed by atoms with Crippen molar-refractivity contribution in [1.29, 1.82) is 0 Å². The van der Waals surface area contributed by atoms with Gasteiger partial charge in [0, 0.05) is 25.8 Å². The van der Waals surface area contributed by atoms with Crippen LogP contribution in [0.3, 0.4) is 0 Å². The summed E-state index contributed by atoms with van der Waals surface area (Å²) in [5.74, 6) is 0.132. The molecule has 0 saturated carbocycles. The van der Waals surface area contributed by atoms with E-state index < -0.39 is 112 Å². The van der Waals surface area contributed by atoms with Crippen LogP contribution in [0.4, 0.5) is 0 Å². The number of rotatable bonds is 24. The molecule has 0 radical (unpaired) electrons. The van der Waals surface area contributed by atoms with E-state index in [1.54, 1.807) is 0 Å². The van der Waals surface area contributed by atoms with E-state index in [2.05, 4.69) is 5.32 Å². The van der Waals surface area contributed by atoms with Gasteiger partial charge in [-0.15, -0.1) is 0 Å². The lowest BCUT2D eigenvalue weighted by atomic mass is 9.96. The second-order valence-corrected chi connectivity index (χ2v) is 14.1. The largest absolute Gasteiger partial charge is 0.394 e. The number of unbranched alkanes of at least 4 members (excludes halogenated alkanes) is 7. The van der Waals surface area contributed by atoms with Crippen molar-refractivity contribution in [1.82, 2.24) is 5.32 Å². The fourth-order valence-corrected chi connectivity index (χ4v) is 6.62. The van der Waals surface area contributed by atoms with Crippen LogP contribution in [0.1, 0.15) is 84.0 Å². The molecule has 0 spiro atoms. The van der Waals surface area contributed by atoms with Crippen molar-refractivity contribution in [2.75, 3.05) is 33.0 Å². The monoisotopic (exact) mass is 785 g/mol. The average Bonchev–Trinajstić information content (AvgIpc) is 3.15. The zero-order valence-corrected chi connectivity index (χ0v) is 30.9. The molecule has 1 amide bonds. The van der Waals surface area contributed by atoms with Crippen molar-refractivity contribution in [2.24, 2.45) is 0 Å². The third kappa shape index (κ3) is 13.9. The number of hydrogen-bond acceptors (Lipinski definition) is 18. The van der Waals surface area contributed by atoms with Crippen LogP contribution in [-0.2, 0) is 38.0 Å². The van der Waals surface area contributed by atoms with Crippen LogP contribution in [0.5, 0.6) is 0 Å². The molecule has 0 unspecified atom stereocenters. The minimum atomic E-state index is -1.87. The number of aliphatic hydroxyl groups is 10. The number of carbonyl (C=O) groups excluding carboxylic acids is 2. The van der Waals surface area contributed by atoms with Gasteiger partial charge in [0.25, 0.3) is 0 Å². The highest BCUT2D eigenvalue weighted by molar-refractivity contribution is 5.78. The average molecular weight is 786 g/mol. The summed E-state index contributed by atoms with van der Waals surface area (Å²) < 4.78 is 33.5. The minimum Gasteiger partial charge on any atom is -0.394 e. The van der Waals surface area contributed by atoms with Crippen molar-refractivity contribution in [2.45, 2.75) is 176 Å². The van der Waals surface area contributed by atoms with Gasteiger partial charge in [-0.1, -0.05) is 38.5 Å². The number of Topliss-reactive ketones (excluding diaryl/α,β-unsaturated/α-hetero) is 1. The Labute approximate surface area is 315 Å². The number of nitrogens with one attached hydrogen (secondary N) is 1. The summed E-state index contributed by atoms with van der Waals surface area (Å²) in [5.41, 5.74) is 0. The Morgan fingerprint density at radius 2 is 1.02 bits per heavy atom. The summed E-state index contributed by atoms with van der Waals surface area (Å²) in [6, 6.07) is 0. The molecule has 0 aromatic carbocycles. The zero-order chi connectivity index (χ0) is 39.8. The number of hydrogen-bond donors (Lipinski definition) is 11. The van der Waals surface area contributed by atoms with Crippen molar-refractivity contribution in [3.8, 4) is 0 Å². The SMILES string of the molecule is CCNC(=O)CCCCCCCCCCC(=O)CCCO[C@H]1O[C@H](CO[C@H]2O[C@H](CO)[C@@H](O)[C@H](O)[C@@H]2O)[C@@H](O)[C@H](O[C@H]2O[C@H](CO)[C@@H](O)[C@H](O)[C@@H]2O)[C@@H]1O. The molecule has 19 heteroatoms. The normalized spacial score (nSPS) is 37.3. The first kappa shape index (κ1) is 46.9. The van der Waals surface area contributed by atoms with Crippen LogP contribution in [0.2, 0.25) is 0 Å². The van der Waals surface area contributed by atoms with Crippen LogP contribution in [-0.4, -0.2) is 188 Å². The smallest absolute Gasteiger partial charge is 0.219 e. The van der Waals surface area contributed by atoms with E-state index in [0.717, 1.165) is 51.4 Å². The summed E-state index contributed by atoms with van der Waals surface area (Å²) in [6.45, 7) is 0.435. The van der Waals surface area contributed by atoms with Crippen LogP contribution in [0, 0.1) is 0 Å². The summed E-state index contributed by atoms with van der Waals surface area (Å²) in [7, 11) is 0. The van der Waals surface area contributed by atoms with Crippen molar-refractivity contribution < 1.29 is 89.1 Å². The Kier molecular flexibility index (Phi) is 21.1. The van der Waals surface area contributed by atoms with Gasteiger partial charge < -0.3 is 84.8 Å². The third-order valence-electron chi connectivity index (χ3n) is 9.92. The van der Waals surface area contributed by atoms with Crippen molar-refractivity contribution in [3.63, 3.8) is 0 Å². The summed E-state index contributed by atoms with van der Waals surface area (Å²) in [5, 5.41) is 106. The van der Waals surface area contributed by atoms with E-state index in [-0.39, 0.29) is 31.1 Å². The Morgan fingerprint density at radius 1 is 0.537 bits per heavy atom. The first-order chi connectivity index (χ1) is 25.8. The number of ketones is 1. The number of ether oxygens (including phenoxy) is 6. The van der Waals surface area contributed by atoms with Crippen LogP contribution < -0.4 is 5.32 Å². The number of aliphatic hydroxyl groups excluding tert-OH is 10. The van der Waals surface area contributed by atoms with Crippen molar-refractivity contribution >= 4 is 11.7 Å². The third-order valence-corrected chi connectivity index (χ3v) is 9.92. The van der Waals surface area contributed by atoms with Crippen LogP contribution >= 0.6 is 0 Å². The molecule has 19 nitrogen and oxygen atoms in total. The van der Waals surface area contributed by atoms with E-state index in [1.165, 1.54) is 0 Å².